The molecule has 5 heteroatoms. The van der Waals surface area contributed by atoms with Gasteiger partial charge in [0.05, 0.1) is 0 Å². The SMILES string of the molecule is CC(C)C(C(=O)NCC(CCO)c1ccccc1)N1CCCC1=O. The largest absolute Gasteiger partial charge is 0.396 e. The Labute approximate surface area is 144 Å². The number of rotatable bonds is 8. The molecule has 0 bridgehead atoms. The topological polar surface area (TPSA) is 69.6 Å². The van der Waals surface area contributed by atoms with Crippen molar-refractivity contribution in [3.8, 4) is 0 Å². The maximum atomic E-state index is 12.7. The van der Waals surface area contributed by atoms with Crippen molar-refractivity contribution in [2.45, 2.75) is 45.1 Å². The van der Waals surface area contributed by atoms with Gasteiger partial charge in [-0.15, -0.1) is 0 Å². The van der Waals surface area contributed by atoms with E-state index >= 15 is 0 Å². The summed E-state index contributed by atoms with van der Waals surface area (Å²) < 4.78 is 0. The molecule has 1 saturated heterocycles. The molecule has 1 fully saturated rings. The number of likely N-dealkylation sites (tertiary alicyclic amines) is 1. The van der Waals surface area contributed by atoms with Crippen LogP contribution in [0.4, 0.5) is 0 Å². The first-order valence-electron chi connectivity index (χ1n) is 8.77. The fraction of sp³-hybridized carbons (Fsp3) is 0.579. The number of hydrogen-bond donors (Lipinski definition) is 2. The smallest absolute Gasteiger partial charge is 0.243 e. The first-order chi connectivity index (χ1) is 11.5. The number of nitrogens with zero attached hydrogens (tertiary/aromatic N) is 1. The van der Waals surface area contributed by atoms with Crippen molar-refractivity contribution in [3.05, 3.63) is 35.9 Å². The van der Waals surface area contributed by atoms with Crippen molar-refractivity contribution in [3.63, 3.8) is 0 Å². The molecule has 1 heterocycles. The van der Waals surface area contributed by atoms with Crippen LogP contribution in [0.25, 0.3) is 0 Å². The molecule has 2 N–H and O–H groups in total. The highest BCUT2D eigenvalue weighted by Gasteiger charge is 2.34. The molecule has 0 aromatic heterocycles. The number of benzene rings is 1. The van der Waals surface area contributed by atoms with E-state index in [0.29, 0.717) is 25.9 Å². The van der Waals surface area contributed by atoms with Crippen molar-refractivity contribution in [2.75, 3.05) is 19.7 Å². The van der Waals surface area contributed by atoms with Gasteiger partial charge in [-0.2, -0.15) is 0 Å². The molecule has 0 aliphatic carbocycles. The van der Waals surface area contributed by atoms with E-state index in [4.69, 9.17) is 0 Å². The molecule has 0 saturated carbocycles. The van der Waals surface area contributed by atoms with Crippen LogP contribution in [0, 0.1) is 5.92 Å². The van der Waals surface area contributed by atoms with Gasteiger partial charge in [-0.05, 0) is 24.3 Å². The molecule has 24 heavy (non-hydrogen) atoms. The lowest BCUT2D eigenvalue weighted by atomic mass is 9.95. The van der Waals surface area contributed by atoms with Gasteiger partial charge in [0.15, 0.2) is 0 Å². The second-order valence-electron chi connectivity index (χ2n) is 6.74. The van der Waals surface area contributed by atoms with Crippen LogP contribution < -0.4 is 5.32 Å². The van der Waals surface area contributed by atoms with E-state index < -0.39 is 6.04 Å². The minimum absolute atomic E-state index is 0.0683. The molecule has 132 valence electrons. The lowest BCUT2D eigenvalue weighted by Gasteiger charge is -2.30. The Hall–Kier alpha value is -1.88. The van der Waals surface area contributed by atoms with Crippen LogP contribution in [0.5, 0.6) is 0 Å². The van der Waals surface area contributed by atoms with E-state index in [1.54, 1.807) is 4.90 Å². The zero-order valence-electron chi connectivity index (χ0n) is 14.6. The quantitative estimate of drug-likeness (QED) is 0.764. The average molecular weight is 332 g/mol. The van der Waals surface area contributed by atoms with Crippen LogP contribution in [0.3, 0.4) is 0 Å². The Kier molecular flexibility index (Phi) is 6.79. The fourth-order valence-corrected chi connectivity index (χ4v) is 3.36. The number of carbonyl (C=O) groups is 2. The zero-order valence-corrected chi connectivity index (χ0v) is 14.6. The van der Waals surface area contributed by atoms with Gasteiger partial charge in [-0.3, -0.25) is 9.59 Å². The number of carbonyl (C=O) groups excluding carboxylic acids is 2. The predicted octanol–water partition coefficient (Wildman–Crippen LogP) is 1.92. The molecule has 2 atom stereocenters. The van der Waals surface area contributed by atoms with Crippen molar-refractivity contribution in [1.82, 2.24) is 10.2 Å². The lowest BCUT2D eigenvalue weighted by Crippen LogP contribution is -2.51. The van der Waals surface area contributed by atoms with Gasteiger partial charge in [0.1, 0.15) is 6.04 Å². The second-order valence-corrected chi connectivity index (χ2v) is 6.74. The molecular formula is C19H28N2O3. The molecule has 5 nitrogen and oxygen atoms in total. The van der Waals surface area contributed by atoms with Crippen LogP contribution in [0.15, 0.2) is 30.3 Å². The van der Waals surface area contributed by atoms with Crippen molar-refractivity contribution < 1.29 is 14.7 Å². The maximum Gasteiger partial charge on any atom is 0.243 e. The summed E-state index contributed by atoms with van der Waals surface area (Å²) in [5, 5.41) is 12.3. The average Bonchev–Trinajstić information content (AvgIpc) is 2.98. The third kappa shape index (κ3) is 4.57. The summed E-state index contributed by atoms with van der Waals surface area (Å²) >= 11 is 0. The highest BCUT2D eigenvalue weighted by Crippen LogP contribution is 2.21. The number of aliphatic hydroxyl groups is 1. The first kappa shape index (κ1) is 18.5. The summed E-state index contributed by atoms with van der Waals surface area (Å²) in [4.78, 5) is 26.4. The first-order valence-corrected chi connectivity index (χ1v) is 8.77. The normalized spacial score (nSPS) is 17.2. The molecular weight excluding hydrogens is 304 g/mol. The highest BCUT2D eigenvalue weighted by atomic mass is 16.3. The Morgan fingerprint density at radius 1 is 1.29 bits per heavy atom. The monoisotopic (exact) mass is 332 g/mol. The Bertz CT molecular complexity index is 545. The lowest BCUT2D eigenvalue weighted by molar-refractivity contribution is -0.139. The Morgan fingerprint density at radius 3 is 2.54 bits per heavy atom. The van der Waals surface area contributed by atoms with Crippen LogP contribution in [0.2, 0.25) is 0 Å². The predicted molar refractivity (Wildman–Crippen MR) is 93.5 cm³/mol. The zero-order chi connectivity index (χ0) is 17.5. The molecule has 1 aliphatic rings. The molecule has 2 rings (SSSR count). The van der Waals surface area contributed by atoms with Crippen molar-refractivity contribution >= 4 is 11.8 Å². The molecule has 0 radical (unpaired) electrons. The van der Waals surface area contributed by atoms with Crippen molar-refractivity contribution in [1.29, 1.82) is 0 Å². The maximum absolute atomic E-state index is 12.7. The highest BCUT2D eigenvalue weighted by molar-refractivity contribution is 5.88. The van der Waals surface area contributed by atoms with E-state index in [-0.39, 0.29) is 30.3 Å². The van der Waals surface area contributed by atoms with E-state index in [2.05, 4.69) is 5.32 Å². The minimum atomic E-state index is -0.412. The molecule has 2 unspecified atom stereocenters. The molecule has 1 aromatic rings. The molecule has 2 amide bonds. The number of aliphatic hydroxyl groups excluding tert-OH is 1. The number of nitrogens with one attached hydrogen (secondary N) is 1. The van der Waals surface area contributed by atoms with Crippen molar-refractivity contribution in [2.24, 2.45) is 5.92 Å². The Morgan fingerprint density at radius 2 is 2.00 bits per heavy atom. The summed E-state index contributed by atoms with van der Waals surface area (Å²) in [5.74, 6) is 0.111. The van der Waals surface area contributed by atoms with Gasteiger partial charge >= 0.3 is 0 Å². The van der Waals surface area contributed by atoms with Gasteiger partial charge in [-0.1, -0.05) is 44.2 Å². The fourth-order valence-electron chi connectivity index (χ4n) is 3.36. The minimum Gasteiger partial charge on any atom is -0.396 e. The van der Waals surface area contributed by atoms with E-state index in [0.717, 1.165) is 12.0 Å². The van der Waals surface area contributed by atoms with Gasteiger partial charge in [-0.25, -0.2) is 0 Å². The summed E-state index contributed by atoms with van der Waals surface area (Å²) in [6, 6.07) is 9.48. The van der Waals surface area contributed by atoms with E-state index in [1.807, 2.05) is 44.2 Å². The van der Waals surface area contributed by atoms with Crippen LogP contribution in [-0.4, -0.2) is 47.6 Å². The third-order valence-electron chi connectivity index (χ3n) is 4.62. The summed E-state index contributed by atoms with van der Waals surface area (Å²) in [5.41, 5.74) is 1.10. The number of amides is 2. The Balaban J connectivity index is 2.01. The van der Waals surface area contributed by atoms with Crippen LogP contribution in [-0.2, 0) is 9.59 Å². The van der Waals surface area contributed by atoms with Gasteiger partial charge < -0.3 is 15.3 Å². The summed E-state index contributed by atoms with van der Waals surface area (Å²) in [6.45, 7) is 5.15. The standard InChI is InChI=1S/C19H28N2O3/c1-14(2)18(21-11-6-9-17(21)23)19(24)20-13-16(10-12-22)15-7-4-3-5-8-15/h3-5,7-8,14,16,18,22H,6,9-13H2,1-2H3,(H,20,24). The summed E-state index contributed by atoms with van der Waals surface area (Å²) in [6.07, 6.45) is 1.96. The molecule has 1 aliphatic heterocycles. The second kappa shape index (κ2) is 8.83. The van der Waals surface area contributed by atoms with Gasteiger partial charge in [0.2, 0.25) is 11.8 Å². The van der Waals surface area contributed by atoms with E-state index in [1.165, 1.54) is 0 Å². The molecule has 1 aromatic carbocycles. The third-order valence-corrected chi connectivity index (χ3v) is 4.62. The van der Waals surface area contributed by atoms with Crippen LogP contribution in [0.1, 0.15) is 44.6 Å². The number of hydrogen-bond acceptors (Lipinski definition) is 3. The van der Waals surface area contributed by atoms with Gasteiger partial charge in [0, 0.05) is 32.0 Å². The van der Waals surface area contributed by atoms with E-state index in [9.17, 15) is 14.7 Å². The van der Waals surface area contributed by atoms with Crippen LogP contribution >= 0.6 is 0 Å². The summed E-state index contributed by atoms with van der Waals surface area (Å²) in [7, 11) is 0. The van der Waals surface area contributed by atoms with Gasteiger partial charge in [0.25, 0.3) is 0 Å². The molecule has 0 spiro atoms.